The first-order valence-corrected chi connectivity index (χ1v) is 25.7. The van der Waals surface area contributed by atoms with Crippen LogP contribution in [0.15, 0.2) is 267 Å². The lowest BCUT2D eigenvalue weighted by Crippen LogP contribution is -2.13. The predicted octanol–water partition coefficient (Wildman–Crippen LogP) is 18.7. The molecule has 0 bridgehead atoms. The van der Waals surface area contributed by atoms with Crippen LogP contribution in [-0.2, 0) is 12.8 Å². The van der Waals surface area contributed by atoms with E-state index >= 15 is 0 Å². The van der Waals surface area contributed by atoms with Crippen molar-refractivity contribution < 1.29 is 1.43 Å². The van der Waals surface area contributed by atoms with Crippen LogP contribution in [-0.4, -0.2) is 29.9 Å². The fourth-order valence-electron chi connectivity index (χ4n) is 10.4. The molecule has 0 radical (unpaired) electrons. The zero-order valence-electron chi connectivity index (χ0n) is 41.5. The lowest BCUT2D eigenvalue weighted by molar-refractivity contribution is 0.905. The molecular formula is C72H58N6. The topological polar surface area (TPSA) is 77.3 Å². The Hall–Kier alpha value is -10.0. The van der Waals surface area contributed by atoms with E-state index in [1.54, 1.807) is 0 Å². The van der Waals surface area contributed by atoms with Crippen LogP contribution >= 0.6 is 0 Å². The SMILES string of the molecule is C.C.[2HH].c1ccc(-c2cc(-c3ccccc3)c3c(n2)-c2nc(-c4ccccc4)nc(-c4ccccc4)c2CC3)cc1.c1ccc(-c2cc(-c3ccccc3)c3ccc4c(-c5ccccc5)nc(-c5ccccc5)nc4c3n2)cc1. The normalized spacial score (nSPS) is 11.3. The van der Waals surface area contributed by atoms with Crippen LogP contribution in [0.3, 0.4) is 0 Å². The minimum atomic E-state index is 0. The standard InChI is InChI=1S/C35H25N3.C35H23N3.2CH4.H2/c2*1-5-13-24(14-6-1)30-23-31(25-15-7-2-8-16-25)36-33-28(30)21-22-29-32(26-17-9-3-10-18-26)37-35(38-34(29)33)27-19-11-4-12-20-27;;;/h1-20,23H,21-22H2;1-23H;2*1H4;1H/i;;;;1+1. The third-order valence-electron chi connectivity index (χ3n) is 14.1. The van der Waals surface area contributed by atoms with Gasteiger partial charge in [-0.15, -0.1) is 0 Å². The van der Waals surface area contributed by atoms with Crippen molar-refractivity contribution in [2.75, 3.05) is 0 Å². The number of hydrogen-bond acceptors (Lipinski definition) is 6. The van der Waals surface area contributed by atoms with E-state index in [9.17, 15) is 0 Å². The number of hydrogen-bond donors (Lipinski definition) is 0. The van der Waals surface area contributed by atoms with Gasteiger partial charge in [-0.05, 0) is 58.9 Å². The highest BCUT2D eigenvalue weighted by Crippen LogP contribution is 2.43. The summed E-state index contributed by atoms with van der Waals surface area (Å²) in [5, 5.41) is 2.06. The maximum atomic E-state index is 5.29. The van der Waals surface area contributed by atoms with E-state index in [0.29, 0.717) is 5.82 Å². The van der Waals surface area contributed by atoms with Gasteiger partial charge in [0.15, 0.2) is 11.6 Å². The van der Waals surface area contributed by atoms with E-state index in [1.165, 1.54) is 22.3 Å². The van der Waals surface area contributed by atoms with Gasteiger partial charge in [-0.1, -0.05) is 264 Å². The fourth-order valence-corrected chi connectivity index (χ4v) is 10.4. The molecule has 0 saturated heterocycles. The van der Waals surface area contributed by atoms with Crippen molar-refractivity contribution in [1.82, 2.24) is 29.9 Å². The summed E-state index contributed by atoms with van der Waals surface area (Å²) in [6.07, 6.45) is 1.76. The third-order valence-corrected chi connectivity index (χ3v) is 14.1. The van der Waals surface area contributed by atoms with Crippen molar-refractivity contribution in [3.8, 4) is 101 Å². The molecular weight excluding hydrogens is 949 g/mol. The van der Waals surface area contributed by atoms with Crippen LogP contribution in [0.4, 0.5) is 0 Å². The van der Waals surface area contributed by atoms with Gasteiger partial charge in [-0.3, -0.25) is 0 Å². The van der Waals surface area contributed by atoms with Crippen LogP contribution in [0.5, 0.6) is 0 Å². The molecule has 9 aromatic carbocycles. The first-order chi connectivity index (χ1) is 37.7. The summed E-state index contributed by atoms with van der Waals surface area (Å²) in [6, 6.07) is 91.8. The Balaban J connectivity index is 0.000000172. The maximum absolute atomic E-state index is 5.29. The molecule has 0 N–H and O–H groups in total. The van der Waals surface area contributed by atoms with Crippen LogP contribution in [0.25, 0.3) is 123 Å². The second-order valence-corrected chi connectivity index (χ2v) is 18.8. The van der Waals surface area contributed by atoms with E-state index in [2.05, 4.69) is 188 Å². The van der Waals surface area contributed by atoms with Gasteiger partial charge in [0.05, 0.1) is 39.7 Å². The summed E-state index contributed by atoms with van der Waals surface area (Å²) in [6.45, 7) is 0. The van der Waals surface area contributed by atoms with Crippen molar-refractivity contribution in [2.45, 2.75) is 27.7 Å². The molecule has 0 aliphatic heterocycles. The summed E-state index contributed by atoms with van der Waals surface area (Å²) in [5.41, 5.74) is 20.8. The molecule has 4 aromatic heterocycles. The summed E-state index contributed by atoms with van der Waals surface area (Å²) >= 11 is 0. The molecule has 4 heterocycles. The fraction of sp³-hybridized carbons (Fsp3) is 0.0556. The van der Waals surface area contributed by atoms with Gasteiger partial charge in [0.25, 0.3) is 0 Å². The molecule has 1 aliphatic rings. The second kappa shape index (κ2) is 22.4. The Morgan fingerprint density at radius 1 is 0.244 bits per heavy atom. The van der Waals surface area contributed by atoms with Crippen LogP contribution < -0.4 is 0 Å². The van der Waals surface area contributed by atoms with Crippen molar-refractivity contribution in [3.63, 3.8) is 0 Å². The van der Waals surface area contributed by atoms with Gasteiger partial charge >= 0.3 is 0 Å². The average molecular weight is 1010 g/mol. The molecule has 13 aromatic rings. The van der Waals surface area contributed by atoms with Gasteiger partial charge < -0.3 is 0 Å². The molecule has 0 saturated carbocycles. The minimum Gasteiger partial charge on any atom is -0.246 e. The number of benzene rings is 9. The summed E-state index contributed by atoms with van der Waals surface area (Å²) in [7, 11) is 0. The molecule has 0 unspecified atom stereocenters. The Kier molecular flexibility index (Phi) is 14.4. The number of nitrogens with zero attached hydrogens (tertiary/aromatic N) is 6. The number of fused-ring (bicyclic) bond motifs is 6. The summed E-state index contributed by atoms with van der Waals surface area (Å²) in [4.78, 5) is 31.1. The van der Waals surface area contributed by atoms with E-state index < -0.39 is 0 Å². The zero-order valence-corrected chi connectivity index (χ0v) is 41.5. The summed E-state index contributed by atoms with van der Waals surface area (Å²) < 4.78 is 0. The number of aromatic nitrogens is 6. The average Bonchev–Trinajstić information content (AvgIpc) is 3.70. The van der Waals surface area contributed by atoms with Gasteiger partial charge in [0, 0.05) is 51.1 Å². The smallest absolute Gasteiger partial charge is 0.160 e. The van der Waals surface area contributed by atoms with Gasteiger partial charge in [-0.2, -0.15) is 0 Å². The lowest BCUT2D eigenvalue weighted by atomic mass is 9.85. The van der Waals surface area contributed by atoms with Gasteiger partial charge in [-0.25, -0.2) is 29.9 Å². The molecule has 0 spiro atoms. The molecule has 376 valence electrons. The number of pyridine rings is 2. The van der Waals surface area contributed by atoms with E-state index in [0.717, 1.165) is 119 Å². The zero-order chi connectivity index (χ0) is 50.6. The minimum absolute atomic E-state index is 0. The monoisotopic (exact) mass is 1010 g/mol. The van der Waals surface area contributed by atoms with Gasteiger partial charge in [0.2, 0.25) is 0 Å². The molecule has 6 nitrogen and oxygen atoms in total. The van der Waals surface area contributed by atoms with Crippen molar-refractivity contribution >= 4 is 21.8 Å². The highest BCUT2D eigenvalue weighted by atomic mass is 14.9. The molecule has 0 fully saturated rings. The molecule has 0 atom stereocenters. The second-order valence-electron chi connectivity index (χ2n) is 18.8. The third kappa shape index (κ3) is 9.87. The Morgan fingerprint density at radius 2 is 0.577 bits per heavy atom. The highest BCUT2D eigenvalue weighted by Gasteiger charge is 2.28. The van der Waals surface area contributed by atoms with Crippen LogP contribution in [0.1, 0.15) is 27.4 Å². The van der Waals surface area contributed by atoms with Crippen molar-refractivity contribution in [1.29, 1.82) is 0 Å². The first-order valence-electron chi connectivity index (χ1n) is 25.7. The first kappa shape index (κ1) is 50.1. The largest absolute Gasteiger partial charge is 0.246 e. The van der Waals surface area contributed by atoms with E-state index in [-0.39, 0.29) is 16.3 Å². The number of rotatable bonds is 8. The Morgan fingerprint density at radius 3 is 1.09 bits per heavy atom. The molecule has 0 amide bonds. The highest BCUT2D eigenvalue weighted by molar-refractivity contribution is 6.12. The quantitative estimate of drug-likeness (QED) is 0.141. The molecule has 78 heavy (non-hydrogen) atoms. The molecule has 14 rings (SSSR count). The maximum Gasteiger partial charge on any atom is 0.160 e. The Labute approximate surface area is 458 Å². The van der Waals surface area contributed by atoms with Crippen LogP contribution in [0.2, 0.25) is 0 Å². The molecule has 6 heteroatoms. The summed E-state index contributed by atoms with van der Waals surface area (Å²) in [5.74, 6) is 1.42. The van der Waals surface area contributed by atoms with Crippen LogP contribution in [0, 0.1) is 0 Å². The van der Waals surface area contributed by atoms with Crippen molar-refractivity contribution in [3.05, 3.63) is 278 Å². The van der Waals surface area contributed by atoms with Gasteiger partial charge in [0.1, 0.15) is 5.52 Å². The van der Waals surface area contributed by atoms with Crippen molar-refractivity contribution in [2.24, 2.45) is 0 Å². The molecule has 1 aliphatic carbocycles. The predicted molar refractivity (Wildman–Crippen MR) is 327 cm³/mol. The Bertz CT molecular complexity index is 3900. The lowest BCUT2D eigenvalue weighted by Gasteiger charge is -2.25. The van der Waals surface area contributed by atoms with E-state index in [4.69, 9.17) is 29.9 Å². The van der Waals surface area contributed by atoms with E-state index in [1.807, 2.05) is 78.9 Å².